The van der Waals surface area contributed by atoms with Crippen molar-refractivity contribution in [3.63, 3.8) is 0 Å². The first-order valence-electron chi connectivity index (χ1n) is 4.54. The van der Waals surface area contributed by atoms with Crippen LogP contribution < -0.4 is 0 Å². The lowest BCUT2D eigenvalue weighted by molar-refractivity contribution is -0.151. The Hall–Kier alpha value is -2.24. The number of rotatable bonds is 4. The molecule has 0 saturated heterocycles. The lowest BCUT2D eigenvalue weighted by Gasteiger charge is -1.99. The maximum absolute atomic E-state index is 11.2. The van der Waals surface area contributed by atoms with E-state index in [-0.39, 0.29) is 12.4 Å². The van der Waals surface area contributed by atoms with E-state index in [0.717, 1.165) is 6.08 Å². The lowest BCUT2D eigenvalue weighted by atomic mass is 10.2. The number of nitrogens with zero attached hydrogens (tertiary/aromatic N) is 2. The fourth-order valence-corrected chi connectivity index (χ4v) is 0.911. The van der Waals surface area contributed by atoms with E-state index < -0.39 is 11.8 Å². The van der Waals surface area contributed by atoms with Crippen LogP contribution in [0.2, 0.25) is 0 Å². The van der Waals surface area contributed by atoms with E-state index in [0.29, 0.717) is 5.56 Å². The summed E-state index contributed by atoms with van der Waals surface area (Å²) in [6.07, 6.45) is 3.41. The molecular formula is C10H10N2O4. The van der Waals surface area contributed by atoms with Gasteiger partial charge in [0, 0.05) is 11.6 Å². The van der Waals surface area contributed by atoms with Crippen LogP contribution in [0.3, 0.4) is 0 Å². The Kier molecular flexibility index (Phi) is 4.14. The number of aliphatic hydroxyl groups is 1. The molecule has 0 bridgehead atoms. The smallest absolute Gasteiger partial charge is 0.379 e. The molecule has 6 nitrogen and oxygen atoms in total. The van der Waals surface area contributed by atoms with Crippen LogP contribution in [-0.2, 0) is 14.3 Å². The Bertz CT molecular complexity index is 414. The van der Waals surface area contributed by atoms with Gasteiger partial charge in [0.05, 0.1) is 19.0 Å². The van der Waals surface area contributed by atoms with Crippen LogP contribution in [0.1, 0.15) is 12.5 Å². The highest BCUT2D eigenvalue weighted by atomic mass is 16.5. The number of aromatic nitrogens is 2. The van der Waals surface area contributed by atoms with E-state index in [2.05, 4.69) is 14.9 Å². The maximum atomic E-state index is 11.2. The van der Waals surface area contributed by atoms with Crippen molar-refractivity contribution in [1.82, 2.24) is 10.2 Å². The van der Waals surface area contributed by atoms with Crippen molar-refractivity contribution in [2.75, 3.05) is 6.61 Å². The lowest BCUT2D eigenvalue weighted by Crippen LogP contribution is -2.15. The van der Waals surface area contributed by atoms with Crippen molar-refractivity contribution in [3.8, 4) is 0 Å². The number of carbonyl (C=O) groups excluding carboxylic acids is 2. The van der Waals surface area contributed by atoms with Gasteiger partial charge in [-0.2, -0.15) is 10.2 Å². The van der Waals surface area contributed by atoms with Crippen LogP contribution in [0.15, 0.2) is 24.5 Å². The van der Waals surface area contributed by atoms with Gasteiger partial charge in [0.2, 0.25) is 0 Å². The first-order chi connectivity index (χ1) is 7.65. The zero-order chi connectivity index (χ0) is 12.0. The first kappa shape index (κ1) is 11.8. The minimum atomic E-state index is -1.00. The van der Waals surface area contributed by atoms with Gasteiger partial charge in [0.15, 0.2) is 0 Å². The molecule has 0 atom stereocenters. The van der Waals surface area contributed by atoms with E-state index in [4.69, 9.17) is 0 Å². The Labute approximate surface area is 91.6 Å². The number of ketones is 1. The summed E-state index contributed by atoms with van der Waals surface area (Å²) < 4.78 is 4.47. The molecule has 1 aromatic rings. The SMILES string of the molecule is CCOC(=O)C(=O)/C=C(\O)c1ccnnc1. The monoisotopic (exact) mass is 222 g/mol. The van der Waals surface area contributed by atoms with Crippen LogP contribution in [0.4, 0.5) is 0 Å². The molecule has 0 radical (unpaired) electrons. The summed E-state index contributed by atoms with van der Waals surface area (Å²) in [6, 6.07) is 1.46. The standard InChI is InChI=1S/C10H10N2O4/c1-2-16-10(15)9(14)5-8(13)7-3-4-11-12-6-7/h3-6,13H,2H2,1H3/b8-5-. The Morgan fingerprint density at radius 2 is 2.25 bits per heavy atom. The second-order valence-electron chi connectivity index (χ2n) is 2.75. The highest BCUT2D eigenvalue weighted by molar-refractivity contribution is 6.39. The zero-order valence-corrected chi connectivity index (χ0v) is 8.58. The topological polar surface area (TPSA) is 89.4 Å². The third-order valence-corrected chi connectivity index (χ3v) is 1.62. The highest BCUT2D eigenvalue weighted by Gasteiger charge is 2.13. The van der Waals surface area contributed by atoms with Crippen LogP contribution in [0.5, 0.6) is 0 Å². The van der Waals surface area contributed by atoms with Crippen LogP contribution in [-0.4, -0.2) is 33.7 Å². The van der Waals surface area contributed by atoms with E-state index in [9.17, 15) is 14.7 Å². The minimum Gasteiger partial charge on any atom is -0.507 e. The average molecular weight is 222 g/mol. The second kappa shape index (κ2) is 5.59. The molecular weight excluding hydrogens is 212 g/mol. The van der Waals surface area contributed by atoms with E-state index in [1.54, 1.807) is 6.92 Å². The van der Waals surface area contributed by atoms with Gasteiger partial charge in [-0.15, -0.1) is 0 Å². The molecule has 0 amide bonds. The van der Waals surface area contributed by atoms with Crippen molar-refractivity contribution in [1.29, 1.82) is 0 Å². The predicted octanol–water partition coefficient (Wildman–Crippen LogP) is 0.508. The Balaban J connectivity index is 2.78. The van der Waals surface area contributed by atoms with Gasteiger partial charge in [-0.25, -0.2) is 4.79 Å². The molecule has 0 spiro atoms. The van der Waals surface area contributed by atoms with Gasteiger partial charge in [0.1, 0.15) is 5.76 Å². The van der Waals surface area contributed by atoms with Crippen molar-refractivity contribution in [2.24, 2.45) is 0 Å². The van der Waals surface area contributed by atoms with Crippen molar-refractivity contribution in [2.45, 2.75) is 6.92 Å². The number of hydrogen-bond acceptors (Lipinski definition) is 6. The minimum absolute atomic E-state index is 0.107. The molecule has 84 valence electrons. The normalized spacial score (nSPS) is 10.9. The third kappa shape index (κ3) is 3.16. The largest absolute Gasteiger partial charge is 0.507 e. The molecule has 0 unspecified atom stereocenters. The molecule has 0 aliphatic rings. The number of hydrogen-bond donors (Lipinski definition) is 1. The van der Waals surface area contributed by atoms with Crippen LogP contribution in [0, 0.1) is 0 Å². The van der Waals surface area contributed by atoms with Gasteiger partial charge >= 0.3 is 5.97 Å². The Morgan fingerprint density at radius 3 is 2.81 bits per heavy atom. The van der Waals surface area contributed by atoms with E-state index in [1.807, 2.05) is 0 Å². The number of esters is 1. The average Bonchev–Trinajstić information content (AvgIpc) is 2.30. The van der Waals surface area contributed by atoms with Gasteiger partial charge in [-0.1, -0.05) is 0 Å². The summed E-state index contributed by atoms with van der Waals surface area (Å²) >= 11 is 0. The summed E-state index contributed by atoms with van der Waals surface area (Å²) in [5, 5.41) is 16.5. The van der Waals surface area contributed by atoms with Gasteiger partial charge in [-0.05, 0) is 13.0 Å². The number of aliphatic hydroxyl groups excluding tert-OH is 1. The van der Waals surface area contributed by atoms with Gasteiger partial charge < -0.3 is 9.84 Å². The molecule has 16 heavy (non-hydrogen) atoms. The fraction of sp³-hybridized carbons (Fsp3) is 0.200. The Morgan fingerprint density at radius 1 is 1.50 bits per heavy atom. The molecule has 6 heteroatoms. The number of carbonyl (C=O) groups is 2. The van der Waals surface area contributed by atoms with E-state index in [1.165, 1.54) is 18.5 Å². The molecule has 0 aliphatic carbocycles. The predicted molar refractivity (Wildman–Crippen MR) is 54.3 cm³/mol. The fourth-order valence-electron chi connectivity index (χ4n) is 0.911. The highest BCUT2D eigenvalue weighted by Crippen LogP contribution is 2.07. The summed E-state index contributed by atoms with van der Waals surface area (Å²) in [5.74, 6) is -2.28. The summed E-state index contributed by atoms with van der Waals surface area (Å²) in [7, 11) is 0. The second-order valence-corrected chi connectivity index (χ2v) is 2.75. The summed E-state index contributed by atoms with van der Waals surface area (Å²) in [4.78, 5) is 22.1. The molecule has 0 aliphatic heterocycles. The first-order valence-corrected chi connectivity index (χ1v) is 4.54. The zero-order valence-electron chi connectivity index (χ0n) is 8.58. The summed E-state index contributed by atoms with van der Waals surface area (Å²) in [6.45, 7) is 1.69. The molecule has 0 aromatic carbocycles. The third-order valence-electron chi connectivity index (χ3n) is 1.62. The maximum Gasteiger partial charge on any atom is 0.379 e. The van der Waals surface area contributed by atoms with Crippen LogP contribution in [0.25, 0.3) is 5.76 Å². The molecule has 1 N–H and O–H groups in total. The molecule has 0 fully saturated rings. The molecule has 1 rings (SSSR count). The van der Waals surface area contributed by atoms with Crippen molar-refractivity contribution in [3.05, 3.63) is 30.1 Å². The van der Waals surface area contributed by atoms with E-state index >= 15 is 0 Å². The molecule has 1 aromatic heterocycles. The van der Waals surface area contributed by atoms with Crippen molar-refractivity contribution >= 4 is 17.5 Å². The van der Waals surface area contributed by atoms with Gasteiger partial charge in [0.25, 0.3) is 5.78 Å². The summed E-state index contributed by atoms with van der Waals surface area (Å²) in [5.41, 5.74) is 0.299. The molecule has 1 heterocycles. The van der Waals surface area contributed by atoms with Gasteiger partial charge in [-0.3, -0.25) is 4.79 Å². The van der Waals surface area contributed by atoms with Crippen LogP contribution >= 0.6 is 0 Å². The van der Waals surface area contributed by atoms with Crippen molar-refractivity contribution < 1.29 is 19.4 Å². The number of ether oxygens (including phenoxy) is 1. The quantitative estimate of drug-likeness (QED) is 0.345. The molecule has 0 saturated carbocycles.